The van der Waals surface area contributed by atoms with Gasteiger partial charge in [-0.1, -0.05) is 11.6 Å². The van der Waals surface area contributed by atoms with Gasteiger partial charge in [0.25, 0.3) is 0 Å². The molecule has 0 radical (unpaired) electrons. The number of amides is 1. The molecule has 0 aromatic carbocycles. The summed E-state index contributed by atoms with van der Waals surface area (Å²) in [5.74, 6) is 0.339. The number of carbonyl (C=O) groups is 1. The minimum Gasteiger partial charge on any atom is -0.338 e. The fraction of sp³-hybridized carbons (Fsp3) is 0.667. The van der Waals surface area contributed by atoms with Gasteiger partial charge in [0.1, 0.15) is 0 Å². The fourth-order valence-electron chi connectivity index (χ4n) is 3.67. The third-order valence-electron chi connectivity index (χ3n) is 5.09. The largest absolute Gasteiger partial charge is 0.338 e. The molecule has 2 aliphatic rings. The zero-order valence-electron chi connectivity index (χ0n) is 14.5. The zero-order chi connectivity index (χ0) is 16.4. The summed E-state index contributed by atoms with van der Waals surface area (Å²) in [6.45, 7) is 11.1. The first-order valence-corrected chi connectivity index (χ1v) is 9.38. The molecule has 3 rings (SSSR count). The number of allylic oxidation sites excluding steroid dienone is 1. The summed E-state index contributed by atoms with van der Waals surface area (Å²) in [4.78, 5) is 21.4. The van der Waals surface area contributed by atoms with E-state index in [2.05, 4.69) is 42.1 Å². The van der Waals surface area contributed by atoms with Crippen LogP contribution in [0.15, 0.2) is 17.0 Å². The first kappa shape index (κ1) is 16.7. The van der Waals surface area contributed by atoms with E-state index in [0.717, 1.165) is 57.0 Å². The Morgan fingerprint density at radius 2 is 2.13 bits per heavy atom. The van der Waals surface area contributed by atoms with Crippen LogP contribution in [0.5, 0.6) is 0 Å². The summed E-state index contributed by atoms with van der Waals surface area (Å²) < 4.78 is 0. The molecule has 23 heavy (non-hydrogen) atoms. The topological polar surface area (TPSA) is 36.4 Å². The van der Waals surface area contributed by atoms with Gasteiger partial charge in [0, 0.05) is 31.4 Å². The van der Waals surface area contributed by atoms with E-state index >= 15 is 0 Å². The number of piperidine rings is 1. The molecular weight excluding hydrogens is 306 g/mol. The number of thiazole rings is 1. The number of nitrogens with zero attached hydrogens (tertiary/aromatic N) is 3. The molecule has 0 unspecified atom stereocenters. The molecule has 2 saturated heterocycles. The van der Waals surface area contributed by atoms with Crippen molar-refractivity contribution in [1.82, 2.24) is 14.8 Å². The van der Waals surface area contributed by atoms with Crippen molar-refractivity contribution in [3.63, 3.8) is 0 Å². The summed E-state index contributed by atoms with van der Waals surface area (Å²) in [6, 6.07) is 0. The van der Waals surface area contributed by atoms with E-state index in [1.54, 1.807) is 11.3 Å². The molecule has 1 aromatic rings. The molecule has 0 atom stereocenters. The van der Waals surface area contributed by atoms with Crippen molar-refractivity contribution < 1.29 is 4.79 Å². The van der Waals surface area contributed by atoms with Crippen LogP contribution in [0.2, 0.25) is 0 Å². The number of carbonyl (C=O) groups excluding carboxylic acids is 1. The highest BCUT2D eigenvalue weighted by molar-refractivity contribution is 7.09. The van der Waals surface area contributed by atoms with Gasteiger partial charge in [0.15, 0.2) is 0 Å². The normalized spacial score (nSPS) is 21.2. The number of likely N-dealkylation sites (tertiary alicyclic amines) is 2. The second-order valence-electron chi connectivity index (χ2n) is 7.37. The maximum absolute atomic E-state index is 12.3. The van der Waals surface area contributed by atoms with Crippen molar-refractivity contribution in [2.45, 2.75) is 46.6 Å². The van der Waals surface area contributed by atoms with Gasteiger partial charge in [-0.3, -0.25) is 9.69 Å². The molecule has 126 valence electrons. The number of aryl methyl sites for hydroxylation is 1. The minimum absolute atomic E-state index is 0.223. The number of rotatable bonds is 4. The van der Waals surface area contributed by atoms with E-state index in [9.17, 15) is 4.79 Å². The Morgan fingerprint density at radius 1 is 1.39 bits per heavy atom. The van der Waals surface area contributed by atoms with Gasteiger partial charge in [0.05, 0.1) is 10.7 Å². The summed E-state index contributed by atoms with van der Waals surface area (Å²) >= 11 is 1.73. The summed E-state index contributed by atoms with van der Waals surface area (Å²) in [5, 5.41) is 3.31. The van der Waals surface area contributed by atoms with Crippen LogP contribution in [0, 0.1) is 12.3 Å². The Balaban J connectivity index is 1.54. The lowest BCUT2D eigenvalue weighted by atomic mass is 9.77. The van der Waals surface area contributed by atoms with Crippen molar-refractivity contribution in [1.29, 1.82) is 0 Å². The van der Waals surface area contributed by atoms with Crippen molar-refractivity contribution in [3.8, 4) is 0 Å². The quantitative estimate of drug-likeness (QED) is 0.794. The average molecular weight is 334 g/mol. The lowest BCUT2D eigenvalue weighted by Gasteiger charge is -2.38. The van der Waals surface area contributed by atoms with E-state index in [4.69, 9.17) is 0 Å². The molecule has 1 amide bonds. The Morgan fingerprint density at radius 3 is 2.74 bits per heavy atom. The Bertz CT molecular complexity index is 595. The van der Waals surface area contributed by atoms with E-state index in [0.29, 0.717) is 5.91 Å². The van der Waals surface area contributed by atoms with Gasteiger partial charge in [-0.15, -0.1) is 11.3 Å². The molecule has 0 N–H and O–H groups in total. The maximum Gasteiger partial charge on any atom is 0.223 e. The molecule has 0 saturated carbocycles. The minimum atomic E-state index is 0.223. The lowest BCUT2D eigenvalue weighted by molar-refractivity contribution is -0.127. The van der Waals surface area contributed by atoms with Crippen molar-refractivity contribution in [2.75, 3.05) is 26.2 Å². The van der Waals surface area contributed by atoms with Crippen molar-refractivity contribution in [3.05, 3.63) is 27.7 Å². The third-order valence-corrected chi connectivity index (χ3v) is 5.92. The average Bonchev–Trinajstić information content (AvgIpc) is 3.03. The molecule has 2 fully saturated rings. The highest BCUT2D eigenvalue weighted by atomic mass is 32.1. The van der Waals surface area contributed by atoms with E-state index in [1.807, 2.05) is 4.90 Å². The van der Waals surface area contributed by atoms with Gasteiger partial charge < -0.3 is 4.90 Å². The van der Waals surface area contributed by atoms with Gasteiger partial charge in [0.2, 0.25) is 5.91 Å². The molecule has 5 heteroatoms. The van der Waals surface area contributed by atoms with E-state index in [-0.39, 0.29) is 5.41 Å². The van der Waals surface area contributed by atoms with Crippen LogP contribution in [0.1, 0.15) is 43.8 Å². The van der Waals surface area contributed by atoms with Gasteiger partial charge in [-0.05, 0) is 52.1 Å². The monoisotopic (exact) mass is 333 g/mol. The predicted molar refractivity (Wildman–Crippen MR) is 94.4 cm³/mol. The van der Waals surface area contributed by atoms with Crippen molar-refractivity contribution >= 4 is 17.2 Å². The summed E-state index contributed by atoms with van der Waals surface area (Å²) in [5.41, 5.74) is 2.70. The summed E-state index contributed by atoms with van der Waals surface area (Å²) in [7, 11) is 0. The molecule has 4 nitrogen and oxygen atoms in total. The lowest BCUT2D eigenvalue weighted by Crippen LogP contribution is -2.41. The third kappa shape index (κ3) is 4.01. The van der Waals surface area contributed by atoms with Crippen molar-refractivity contribution in [2.24, 2.45) is 5.41 Å². The Labute approximate surface area is 143 Å². The molecule has 3 heterocycles. The molecular formula is C18H27N3OS. The predicted octanol–water partition coefficient (Wildman–Crippen LogP) is 3.23. The molecule has 0 aliphatic carbocycles. The highest BCUT2D eigenvalue weighted by Gasteiger charge is 2.44. The van der Waals surface area contributed by atoms with Crippen LogP contribution < -0.4 is 0 Å². The van der Waals surface area contributed by atoms with Gasteiger partial charge >= 0.3 is 0 Å². The van der Waals surface area contributed by atoms with Gasteiger partial charge in [-0.2, -0.15) is 0 Å². The molecule has 1 aromatic heterocycles. The molecule has 2 aliphatic heterocycles. The van der Waals surface area contributed by atoms with E-state index < -0.39 is 0 Å². The SMILES string of the molecule is CC(C)=CCN1CC2(CCN(Cc3csc(C)n3)CC2)CC1=O. The Kier molecular flexibility index (Phi) is 4.87. The standard InChI is InChI=1S/C18H27N3OS/c1-14(2)4-7-21-13-18(10-17(21)22)5-8-20(9-6-18)11-16-12-23-15(3)19-16/h4,12H,5-11,13H2,1-3H3. The number of hydrogen-bond acceptors (Lipinski definition) is 4. The second-order valence-corrected chi connectivity index (χ2v) is 8.43. The van der Waals surface area contributed by atoms with Crippen LogP contribution in [0.3, 0.4) is 0 Å². The number of hydrogen-bond donors (Lipinski definition) is 0. The summed E-state index contributed by atoms with van der Waals surface area (Å²) in [6.07, 6.45) is 5.17. The van der Waals surface area contributed by atoms with Crippen LogP contribution in [-0.2, 0) is 11.3 Å². The first-order valence-electron chi connectivity index (χ1n) is 8.50. The second kappa shape index (κ2) is 6.73. The zero-order valence-corrected chi connectivity index (χ0v) is 15.3. The van der Waals surface area contributed by atoms with Crippen LogP contribution in [0.25, 0.3) is 0 Å². The van der Waals surface area contributed by atoms with Gasteiger partial charge in [-0.25, -0.2) is 4.98 Å². The van der Waals surface area contributed by atoms with Crippen LogP contribution in [0.4, 0.5) is 0 Å². The van der Waals surface area contributed by atoms with Crippen LogP contribution in [-0.4, -0.2) is 46.9 Å². The molecule has 0 bridgehead atoms. The maximum atomic E-state index is 12.3. The smallest absolute Gasteiger partial charge is 0.223 e. The Hall–Kier alpha value is -1.20. The molecule has 1 spiro atoms. The fourth-order valence-corrected chi connectivity index (χ4v) is 4.27. The van der Waals surface area contributed by atoms with E-state index in [1.165, 1.54) is 11.3 Å². The highest BCUT2D eigenvalue weighted by Crippen LogP contribution is 2.41. The van der Waals surface area contributed by atoms with Crippen LogP contribution >= 0.6 is 11.3 Å². The number of aromatic nitrogens is 1. The first-order chi connectivity index (χ1) is 11.0.